The number of esters is 2. The molecule has 0 bridgehead atoms. The Morgan fingerprint density at radius 2 is 1.36 bits per heavy atom. The Balaban J connectivity index is -0.000000101. The molecular weight excluding hydrogens is 262 g/mol. The molecule has 0 aromatic rings. The molecule has 0 fully saturated rings. The topological polar surface area (TPSA) is 69.7 Å². The van der Waals surface area contributed by atoms with E-state index in [-0.39, 0.29) is 117 Å². The number of carbonyl (C=O) groups is 2. The summed E-state index contributed by atoms with van der Waals surface area (Å²) in [6, 6.07) is 0. The van der Waals surface area contributed by atoms with Crippen molar-refractivity contribution in [1.82, 2.24) is 0 Å². The summed E-state index contributed by atoms with van der Waals surface area (Å²) >= 11 is 0. The van der Waals surface area contributed by atoms with Crippen molar-refractivity contribution in [3.8, 4) is 0 Å². The van der Waals surface area contributed by atoms with Gasteiger partial charge in [0.1, 0.15) is 11.5 Å². The molecule has 0 amide bonds. The summed E-state index contributed by atoms with van der Waals surface area (Å²) in [4.78, 5) is 21.0. The Bertz CT molecular complexity index is 197. The predicted molar refractivity (Wildman–Crippen MR) is 44.1 cm³/mol. The average molecular weight is 274 g/mol. The monoisotopic (exact) mass is 274 g/mol. The summed E-state index contributed by atoms with van der Waals surface area (Å²) in [5.74, 6) is -1.74. The zero-order valence-electron chi connectivity index (χ0n) is 10.9. The molecule has 0 spiro atoms. The fourth-order valence-electron chi connectivity index (χ4n) is 0.432. The molecule has 0 aromatic carbocycles. The van der Waals surface area contributed by atoms with Crippen LogP contribution in [-0.2, 0) is 29.9 Å². The molecule has 0 heterocycles. The molecule has 0 aliphatic heterocycles. The SMILES string of the molecule is COC(=O)CS(=O)CC(=O)OC.[H-].[H-].[K+].[K+]. The minimum atomic E-state index is -1.53. The van der Waals surface area contributed by atoms with Crippen molar-refractivity contribution in [2.45, 2.75) is 0 Å². The van der Waals surface area contributed by atoms with Crippen LogP contribution in [0.4, 0.5) is 0 Å². The Labute approximate surface area is 173 Å². The Kier molecular flexibility index (Phi) is 20.7. The third-order valence-electron chi connectivity index (χ3n) is 1.01. The zero-order valence-corrected chi connectivity index (χ0v) is 15.9. The van der Waals surface area contributed by atoms with Crippen molar-refractivity contribution < 1.29 is 129 Å². The second-order valence-corrected chi connectivity index (χ2v) is 3.34. The van der Waals surface area contributed by atoms with Crippen LogP contribution in [0.5, 0.6) is 0 Å². The van der Waals surface area contributed by atoms with Crippen LogP contribution >= 0.6 is 0 Å². The quantitative estimate of drug-likeness (QED) is 0.376. The first-order valence-electron chi connectivity index (χ1n) is 3.08. The fraction of sp³-hybridized carbons (Fsp3) is 0.667. The maximum Gasteiger partial charge on any atom is 1.00 e. The van der Waals surface area contributed by atoms with E-state index < -0.39 is 22.7 Å². The first-order chi connectivity index (χ1) is 5.60. The van der Waals surface area contributed by atoms with E-state index in [0.717, 1.165) is 0 Å². The van der Waals surface area contributed by atoms with Crippen molar-refractivity contribution in [1.29, 1.82) is 0 Å². The van der Waals surface area contributed by atoms with Gasteiger partial charge >= 0.3 is 115 Å². The molecule has 0 atom stereocenters. The van der Waals surface area contributed by atoms with Crippen LogP contribution in [0.1, 0.15) is 2.85 Å². The Morgan fingerprint density at radius 1 is 1.07 bits per heavy atom. The molecule has 8 heteroatoms. The van der Waals surface area contributed by atoms with Gasteiger partial charge in [0.05, 0.1) is 14.2 Å². The third kappa shape index (κ3) is 12.4. The number of carbonyl (C=O) groups excluding carboxylic acids is 2. The predicted octanol–water partition coefficient (Wildman–Crippen LogP) is -6.69. The number of hydrogen-bond acceptors (Lipinski definition) is 5. The minimum Gasteiger partial charge on any atom is -1.00 e. The molecule has 0 aliphatic carbocycles. The molecule has 0 radical (unpaired) electrons. The molecule has 0 aliphatic rings. The van der Waals surface area contributed by atoms with Gasteiger partial charge in [-0.1, -0.05) is 0 Å². The fourth-order valence-corrected chi connectivity index (χ4v) is 1.30. The van der Waals surface area contributed by atoms with E-state index in [1.54, 1.807) is 0 Å². The van der Waals surface area contributed by atoms with E-state index in [1.165, 1.54) is 14.2 Å². The van der Waals surface area contributed by atoms with Crippen molar-refractivity contribution >= 4 is 22.7 Å². The van der Waals surface area contributed by atoms with Crippen LogP contribution < -0.4 is 103 Å². The van der Waals surface area contributed by atoms with Gasteiger partial charge in [-0.2, -0.15) is 0 Å². The molecule has 0 saturated carbocycles. The second-order valence-electron chi connectivity index (χ2n) is 1.88. The molecule has 5 nitrogen and oxygen atoms in total. The van der Waals surface area contributed by atoms with Crippen molar-refractivity contribution in [3.63, 3.8) is 0 Å². The van der Waals surface area contributed by atoms with E-state index in [9.17, 15) is 13.8 Å². The normalized spacial score (nSPS) is 8.21. The molecule has 0 N–H and O–H groups in total. The first-order valence-corrected chi connectivity index (χ1v) is 4.57. The van der Waals surface area contributed by atoms with Crippen molar-refractivity contribution in [3.05, 3.63) is 0 Å². The molecule has 0 saturated heterocycles. The van der Waals surface area contributed by atoms with Gasteiger partial charge in [0.25, 0.3) is 0 Å². The van der Waals surface area contributed by atoms with Crippen molar-refractivity contribution in [2.75, 3.05) is 25.7 Å². The Hall–Kier alpha value is 2.36. The maximum absolute atomic E-state index is 10.9. The number of rotatable bonds is 4. The largest absolute Gasteiger partial charge is 1.00 e. The minimum absolute atomic E-state index is 0. The third-order valence-corrected chi connectivity index (χ3v) is 2.13. The summed E-state index contributed by atoms with van der Waals surface area (Å²) < 4.78 is 19.4. The summed E-state index contributed by atoms with van der Waals surface area (Å²) in [5.41, 5.74) is 0. The van der Waals surface area contributed by atoms with Crippen molar-refractivity contribution in [2.24, 2.45) is 0 Å². The second kappa shape index (κ2) is 13.4. The molecule has 14 heavy (non-hydrogen) atoms. The summed E-state index contributed by atoms with van der Waals surface area (Å²) in [6.07, 6.45) is 0. The molecular formula is C6H12K2O5S. The van der Waals surface area contributed by atoms with E-state index in [4.69, 9.17) is 0 Å². The van der Waals surface area contributed by atoms with Gasteiger partial charge in [-0.15, -0.1) is 0 Å². The molecule has 74 valence electrons. The average Bonchev–Trinajstić information content (AvgIpc) is 2.03. The van der Waals surface area contributed by atoms with E-state index in [2.05, 4.69) is 9.47 Å². The molecule has 0 unspecified atom stereocenters. The van der Waals surface area contributed by atoms with Crippen LogP contribution in [0.15, 0.2) is 0 Å². The van der Waals surface area contributed by atoms with Crippen LogP contribution in [0.3, 0.4) is 0 Å². The first kappa shape index (κ1) is 21.6. The van der Waals surface area contributed by atoms with E-state index >= 15 is 0 Å². The number of methoxy groups -OCH3 is 2. The van der Waals surface area contributed by atoms with Crippen LogP contribution in [0.25, 0.3) is 0 Å². The van der Waals surface area contributed by atoms with Gasteiger partial charge in [0.15, 0.2) is 0 Å². The van der Waals surface area contributed by atoms with Gasteiger partial charge in [-0.25, -0.2) is 0 Å². The van der Waals surface area contributed by atoms with Gasteiger partial charge in [-0.3, -0.25) is 13.8 Å². The molecule has 0 aromatic heterocycles. The number of hydrogen-bond donors (Lipinski definition) is 0. The van der Waals surface area contributed by atoms with Gasteiger partial charge in [-0.05, 0) is 0 Å². The summed E-state index contributed by atoms with van der Waals surface area (Å²) in [5, 5.41) is 0. The van der Waals surface area contributed by atoms with Crippen LogP contribution in [0.2, 0.25) is 0 Å². The number of ether oxygens (including phenoxy) is 2. The van der Waals surface area contributed by atoms with E-state index in [1.807, 2.05) is 0 Å². The van der Waals surface area contributed by atoms with Crippen LogP contribution in [0, 0.1) is 0 Å². The van der Waals surface area contributed by atoms with Gasteiger partial charge in [0, 0.05) is 10.8 Å². The maximum atomic E-state index is 10.9. The smallest absolute Gasteiger partial charge is 1.00 e. The Morgan fingerprint density at radius 3 is 1.57 bits per heavy atom. The van der Waals surface area contributed by atoms with Crippen LogP contribution in [-0.4, -0.2) is 41.9 Å². The summed E-state index contributed by atoms with van der Waals surface area (Å²) in [6.45, 7) is 0. The standard InChI is InChI=1S/C6H10O5S.2K.2H/c1-10-5(7)3-12(9)4-6(8)11-2;;;;/h3-4H2,1-2H3;;;;/q;2*+1;2*-1. The van der Waals surface area contributed by atoms with E-state index in [0.29, 0.717) is 0 Å². The summed E-state index contributed by atoms with van der Waals surface area (Å²) in [7, 11) is 0.855. The van der Waals surface area contributed by atoms with Gasteiger partial charge < -0.3 is 12.3 Å². The zero-order chi connectivity index (χ0) is 9.56. The molecule has 0 rings (SSSR count). The van der Waals surface area contributed by atoms with Gasteiger partial charge in [0.2, 0.25) is 0 Å².